The first-order chi connectivity index (χ1) is 23.4. The molecule has 0 aromatic carbocycles. The molecule has 0 spiro atoms. The number of piperidine rings is 1. The van der Waals surface area contributed by atoms with Crippen molar-refractivity contribution < 1.29 is 19.2 Å². The number of hydrogen-bond acceptors (Lipinski definition) is 7. The summed E-state index contributed by atoms with van der Waals surface area (Å²) in [5, 5.41) is 14.6. The monoisotopic (exact) mass is 676 g/mol. The molecule has 4 amide bonds. The predicted octanol–water partition coefficient (Wildman–Crippen LogP) is 2.82. The maximum absolute atomic E-state index is 13.2. The molecule has 11 heteroatoms. The van der Waals surface area contributed by atoms with Crippen LogP contribution in [0.2, 0.25) is 0 Å². The van der Waals surface area contributed by atoms with Crippen LogP contribution < -0.4 is 26.6 Å². The van der Waals surface area contributed by atoms with Crippen LogP contribution in [0.4, 0.5) is 0 Å². The molecule has 1 heterocycles. The zero-order chi connectivity index (χ0) is 33.7. The van der Waals surface area contributed by atoms with Crippen molar-refractivity contribution in [2.75, 3.05) is 39.3 Å². The summed E-state index contributed by atoms with van der Waals surface area (Å²) in [4.78, 5) is 54.6. The Morgan fingerprint density at radius 3 is 2.48 bits per heavy atom. The first kappa shape index (κ1) is 36.0. The van der Waals surface area contributed by atoms with Gasteiger partial charge >= 0.3 is 0 Å². The van der Waals surface area contributed by atoms with Crippen LogP contribution in [0.5, 0.6) is 0 Å². The van der Waals surface area contributed by atoms with Crippen LogP contribution in [-0.2, 0) is 19.2 Å². The molecule has 5 unspecified atom stereocenters. The molecule has 2 saturated carbocycles. The van der Waals surface area contributed by atoms with Crippen molar-refractivity contribution in [3.8, 4) is 0 Å². The molecule has 4 aliphatic carbocycles. The molecule has 1 aliphatic heterocycles. The fourth-order valence-corrected chi connectivity index (χ4v) is 7.49. The number of carbonyl (C=O) groups excluding carboxylic acids is 4. The minimum absolute atomic E-state index is 0.168. The lowest BCUT2D eigenvalue weighted by molar-refractivity contribution is -0.130. The molecule has 1 saturated heterocycles. The van der Waals surface area contributed by atoms with E-state index in [0.717, 1.165) is 51.9 Å². The minimum Gasteiger partial charge on any atom is -0.349 e. The van der Waals surface area contributed by atoms with Crippen molar-refractivity contribution in [3.05, 3.63) is 59.1 Å². The third-order valence-electron chi connectivity index (χ3n) is 10.0. The summed E-state index contributed by atoms with van der Waals surface area (Å²) < 4.78 is 0. The van der Waals surface area contributed by atoms with E-state index in [2.05, 4.69) is 49.0 Å². The van der Waals surface area contributed by atoms with Gasteiger partial charge in [0, 0.05) is 30.7 Å². The number of amides is 4. The molecular formula is C37H52N6O4S. The SMILES string of the molecule is O=C(CNC(=O)C(CC1=C=C=CC=C1)NC(=O)C1=CC=CC2CC12)NCC(=O)NC(CC1CCCCC1)C(S)NCCN1CCCCC1. The van der Waals surface area contributed by atoms with E-state index in [4.69, 9.17) is 12.6 Å². The van der Waals surface area contributed by atoms with Crippen LogP contribution in [0.1, 0.15) is 70.6 Å². The predicted molar refractivity (Wildman–Crippen MR) is 190 cm³/mol. The third kappa shape index (κ3) is 11.4. The highest BCUT2D eigenvalue weighted by Crippen LogP contribution is 2.47. The summed E-state index contributed by atoms with van der Waals surface area (Å²) in [5.41, 5.74) is 7.25. The van der Waals surface area contributed by atoms with Crippen molar-refractivity contribution in [2.24, 2.45) is 17.8 Å². The topological polar surface area (TPSA) is 132 Å². The number of nitrogens with one attached hydrogen (secondary N) is 5. The molecule has 5 rings (SSSR count). The Bertz CT molecular complexity index is 1370. The molecule has 5 N–H and O–H groups in total. The smallest absolute Gasteiger partial charge is 0.248 e. The van der Waals surface area contributed by atoms with Crippen molar-refractivity contribution in [1.82, 2.24) is 31.5 Å². The van der Waals surface area contributed by atoms with Gasteiger partial charge in [-0.1, -0.05) is 74.3 Å². The van der Waals surface area contributed by atoms with Crippen molar-refractivity contribution in [1.29, 1.82) is 0 Å². The standard InChI is InChI=1S/C37H52N6O4S/c44-33(24-40-36(47)31(21-26-11-4-1-5-12-26)42-35(46)29-16-10-15-28-23-30(28)29)39-25-34(45)41-32(22-27-13-6-2-7-14-27)37(48)38-17-20-43-18-8-3-9-19-43/h1,4,10-11,15-16,27-28,30-32,37-38,48H,2-3,6-9,13-14,17-25H2,(H,39,44)(H,40,47)(H,41,45)(H,42,46). The Kier molecular flexibility index (Phi) is 13.8. The molecule has 5 aliphatic rings. The van der Waals surface area contributed by atoms with Gasteiger partial charge in [0.15, 0.2) is 0 Å². The number of hydrogen-bond donors (Lipinski definition) is 6. The van der Waals surface area contributed by atoms with E-state index in [1.165, 1.54) is 38.5 Å². The molecule has 5 atom stereocenters. The molecule has 260 valence electrons. The van der Waals surface area contributed by atoms with E-state index in [1.54, 1.807) is 18.2 Å². The van der Waals surface area contributed by atoms with E-state index in [0.29, 0.717) is 23.0 Å². The quantitative estimate of drug-likeness (QED) is 0.0799. The Morgan fingerprint density at radius 1 is 0.938 bits per heavy atom. The van der Waals surface area contributed by atoms with Crippen molar-refractivity contribution >= 4 is 36.3 Å². The van der Waals surface area contributed by atoms with Gasteiger partial charge in [-0.15, -0.1) is 0 Å². The van der Waals surface area contributed by atoms with Gasteiger partial charge in [0.25, 0.3) is 0 Å². The van der Waals surface area contributed by atoms with Crippen LogP contribution in [0.3, 0.4) is 0 Å². The van der Waals surface area contributed by atoms with E-state index in [1.807, 2.05) is 12.2 Å². The second-order valence-corrected chi connectivity index (χ2v) is 14.3. The van der Waals surface area contributed by atoms with Gasteiger partial charge in [-0.05, 0) is 68.7 Å². The Balaban J connectivity index is 1.08. The Labute approximate surface area is 290 Å². The Morgan fingerprint density at radius 2 is 1.71 bits per heavy atom. The average Bonchev–Trinajstić information content (AvgIpc) is 3.91. The lowest BCUT2D eigenvalue weighted by atomic mass is 9.84. The molecule has 0 aromatic heterocycles. The van der Waals surface area contributed by atoms with Crippen LogP contribution in [0.25, 0.3) is 0 Å². The van der Waals surface area contributed by atoms with E-state index >= 15 is 0 Å². The van der Waals surface area contributed by atoms with Crippen molar-refractivity contribution in [2.45, 2.75) is 88.1 Å². The number of fused-ring (bicyclic) bond motifs is 1. The van der Waals surface area contributed by atoms with Gasteiger partial charge in [-0.25, -0.2) is 0 Å². The van der Waals surface area contributed by atoms with Crippen LogP contribution in [0.15, 0.2) is 59.1 Å². The third-order valence-corrected chi connectivity index (χ3v) is 10.6. The molecular weight excluding hydrogens is 625 g/mol. The van der Waals surface area contributed by atoms with E-state index in [-0.39, 0.29) is 48.7 Å². The average molecular weight is 677 g/mol. The summed E-state index contributed by atoms with van der Waals surface area (Å²) in [5.74, 6) is -0.411. The molecule has 3 fully saturated rings. The zero-order valence-electron chi connectivity index (χ0n) is 28.0. The van der Waals surface area contributed by atoms with Crippen LogP contribution >= 0.6 is 12.6 Å². The van der Waals surface area contributed by atoms with Gasteiger partial charge in [-0.2, -0.15) is 12.6 Å². The number of nitrogens with zero attached hydrogens (tertiary/aromatic N) is 1. The van der Waals surface area contributed by atoms with Gasteiger partial charge < -0.3 is 31.5 Å². The minimum atomic E-state index is -0.903. The lowest BCUT2D eigenvalue weighted by Gasteiger charge is -2.32. The van der Waals surface area contributed by atoms with Gasteiger partial charge in [0.05, 0.1) is 24.5 Å². The van der Waals surface area contributed by atoms with Crippen LogP contribution in [-0.4, -0.2) is 85.3 Å². The zero-order valence-corrected chi connectivity index (χ0v) is 28.9. The number of likely N-dealkylation sites (tertiary alicyclic amines) is 1. The second-order valence-electron chi connectivity index (χ2n) is 13.8. The molecule has 10 nitrogen and oxygen atoms in total. The molecule has 0 aromatic rings. The highest BCUT2D eigenvalue weighted by atomic mass is 32.1. The highest BCUT2D eigenvalue weighted by molar-refractivity contribution is 7.81. The number of thiol groups is 1. The maximum atomic E-state index is 13.2. The van der Waals surface area contributed by atoms with Crippen molar-refractivity contribution in [3.63, 3.8) is 0 Å². The molecule has 0 radical (unpaired) electrons. The maximum Gasteiger partial charge on any atom is 0.248 e. The van der Waals surface area contributed by atoms with E-state index in [9.17, 15) is 19.2 Å². The fourth-order valence-electron chi connectivity index (χ4n) is 7.17. The number of rotatable bonds is 17. The first-order valence-electron chi connectivity index (χ1n) is 17.9. The fraction of sp³-hybridized carbons (Fsp3) is 0.622. The molecule has 48 heavy (non-hydrogen) atoms. The largest absolute Gasteiger partial charge is 0.349 e. The summed E-state index contributed by atoms with van der Waals surface area (Å²) in [6.07, 6.45) is 22.9. The Hall–Kier alpha value is -3.33. The normalized spacial score (nSPS) is 23.6. The summed E-state index contributed by atoms with van der Waals surface area (Å²) in [6, 6.07) is -1.07. The first-order valence-corrected chi connectivity index (χ1v) is 18.4. The number of allylic oxidation sites excluding steroid dienone is 6. The van der Waals surface area contributed by atoms with Gasteiger partial charge in [-0.3, -0.25) is 19.2 Å². The number of carbonyl (C=O) groups is 4. The van der Waals surface area contributed by atoms with Gasteiger partial charge in [0.2, 0.25) is 23.6 Å². The summed E-state index contributed by atoms with van der Waals surface area (Å²) in [6.45, 7) is 3.52. The summed E-state index contributed by atoms with van der Waals surface area (Å²) in [7, 11) is 0. The van der Waals surface area contributed by atoms with E-state index < -0.39 is 17.9 Å². The lowest BCUT2D eigenvalue weighted by Crippen LogP contribution is -2.53. The van der Waals surface area contributed by atoms with Crippen LogP contribution in [0, 0.1) is 17.8 Å². The second kappa shape index (κ2) is 18.4. The summed E-state index contributed by atoms with van der Waals surface area (Å²) >= 11 is 4.86. The molecule has 0 bridgehead atoms. The van der Waals surface area contributed by atoms with Gasteiger partial charge in [0.1, 0.15) is 6.04 Å². The highest BCUT2D eigenvalue weighted by Gasteiger charge is 2.42.